The molecule has 0 aliphatic carbocycles. The molecule has 0 radical (unpaired) electrons. The van der Waals surface area contributed by atoms with Gasteiger partial charge in [0.2, 0.25) is 0 Å². The maximum absolute atomic E-state index is 9.41. The van der Waals surface area contributed by atoms with Crippen molar-refractivity contribution in [2.24, 2.45) is 5.92 Å². The minimum absolute atomic E-state index is 0.0406. The van der Waals surface area contributed by atoms with Crippen molar-refractivity contribution in [3.05, 3.63) is 23.8 Å². The van der Waals surface area contributed by atoms with Crippen molar-refractivity contribution in [1.82, 2.24) is 0 Å². The van der Waals surface area contributed by atoms with Crippen molar-refractivity contribution in [2.75, 3.05) is 31.2 Å². The molecule has 2 aliphatic rings. The average molecular weight is 277 g/mol. The van der Waals surface area contributed by atoms with Crippen LogP contribution in [0.5, 0.6) is 5.75 Å². The van der Waals surface area contributed by atoms with E-state index in [1.54, 1.807) is 0 Å². The van der Waals surface area contributed by atoms with Gasteiger partial charge in [0.1, 0.15) is 11.4 Å². The summed E-state index contributed by atoms with van der Waals surface area (Å²) in [6.45, 7) is 4.26. The van der Waals surface area contributed by atoms with Gasteiger partial charge < -0.3 is 19.8 Å². The fourth-order valence-corrected chi connectivity index (χ4v) is 3.15. The lowest BCUT2D eigenvalue weighted by atomic mass is 9.97. The normalized spacial score (nSPS) is 26.4. The number of ether oxygens (including phenoxy) is 1. The molecule has 2 heterocycles. The molecule has 0 amide bonds. The summed E-state index contributed by atoms with van der Waals surface area (Å²) in [5, 5.41) is 18.6. The minimum Gasteiger partial charge on any atom is -0.484 e. The Kier molecular flexibility index (Phi) is 3.61. The third-order valence-electron chi connectivity index (χ3n) is 4.54. The Hall–Kier alpha value is -1.26. The molecule has 1 saturated heterocycles. The lowest BCUT2D eigenvalue weighted by molar-refractivity contribution is 0.0447. The molecular weight excluding hydrogens is 254 g/mol. The lowest BCUT2D eigenvalue weighted by Crippen LogP contribution is -2.35. The van der Waals surface area contributed by atoms with Crippen molar-refractivity contribution in [3.63, 3.8) is 0 Å². The quantitative estimate of drug-likeness (QED) is 0.881. The van der Waals surface area contributed by atoms with Gasteiger partial charge in [-0.15, -0.1) is 0 Å². The first-order valence-electron chi connectivity index (χ1n) is 7.42. The summed E-state index contributed by atoms with van der Waals surface area (Å²) in [4.78, 5) is 2.35. The Labute approximate surface area is 120 Å². The number of nitrogens with zero attached hydrogens (tertiary/aromatic N) is 1. The van der Waals surface area contributed by atoms with Crippen LogP contribution in [0.3, 0.4) is 0 Å². The Morgan fingerprint density at radius 1 is 1.30 bits per heavy atom. The molecule has 0 bridgehead atoms. The van der Waals surface area contributed by atoms with Crippen molar-refractivity contribution < 1.29 is 14.9 Å². The van der Waals surface area contributed by atoms with E-state index < -0.39 is 5.60 Å². The molecule has 20 heavy (non-hydrogen) atoms. The predicted molar refractivity (Wildman–Crippen MR) is 78.3 cm³/mol. The van der Waals surface area contributed by atoms with Crippen molar-refractivity contribution in [3.8, 4) is 5.75 Å². The van der Waals surface area contributed by atoms with Crippen LogP contribution in [0.4, 0.5) is 5.69 Å². The van der Waals surface area contributed by atoms with Gasteiger partial charge >= 0.3 is 0 Å². The molecule has 110 valence electrons. The summed E-state index contributed by atoms with van der Waals surface area (Å²) >= 11 is 0. The SMILES string of the molecule is CC1(CO)Cc2ccc(N3CCC(CO)CC3)cc2O1. The monoisotopic (exact) mass is 277 g/mol. The van der Waals surface area contributed by atoms with Crippen LogP contribution in [0.25, 0.3) is 0 Å². The largest absolute Gasteiger partial charge is 0.484 e. The molecule has 1 atom stereocenters. The second-order valence-electron chi connectivity index (χ2n) is 6.29. The third-order valence-corrected chi connectivity index (χ3v) is 4.54. The number of aliphatic hydroxyl groups is 2. The molecule has 1 unspecified atom stereocenters. The van der Waals surface area contributed by atoms with Crippen LogP contribution in [0.2, 0.25) is 0 Å². The third kappa shape index (κ3) is 2.50. The van der Waals surface area contributed by atoms with E-state index in [2.05, 4.69) is 23.1 Å². The van der Waals surface area contributed by atoms with Crippen molar-refractivity contribution in [2.45, 2.75) is 31.8 Å². The highest BCUT2D eigenvalue weighted by atomic mass is 16.5. The van der Waals surface area contributed by atoms with Crippen LogP contribution in [-0.4, -0.2) is 42.1 Å². The Bertz CT molecular complexity index is 483. The number of hydrogen-bond acceptors (Lipinski definition) is 4. The maximum atomic E-state index is 9.41. The number of rotatable bonds is 3. The number of benzene rings is 1. The summed E-state index contributed by atoms with van der Waals surface area (Å²) in [5.74, 6) is 1.36. The summed E-state index contributed by atoms with van der Waals surface area (Å²) in [5.41, 5.74) is 1.89. The summed E-state index contributed by atoms with van der Waals surface area (Å²) < 4.78 is 5.90. The summed E-state index contributed by atoms with van der Waals surface area (Å²) in [7, 11) is 0. The zero-order valence-corrected chi connectivity index (χ0v) is 12.0. The van der Waals surface area contributed by atoms with Gasteiger partial charge in [0.05, 0.1) is 6.61 Å². The summed E-state index contributed by atoms with van der Waals surface area (Å²) in [6, 6.07) is 6.35. The van der Waals surface area contributed by atoms with Crippen molar-refractivity contribution >= 4 is 5.69 Å². The molecule has 1 fully saturated rings. The zero-order chi connectivity index (χ0) is 14.2. The Morgan fingerprint density at radius 3 is 2.70 bits per heavy atom. The summed E-state index contributed by atoms with van der Waals surface area (Å²) in [6.07, 6.45) is 2.86. The highest BCUT2D eigenvalue weighted by Gasteiger charge is 2.34. The number of piperidine rings is 1. The van der Waals surface area contributed by atoms with Gasteiger partial charge in [-0.1, -0.05) is 6.07 Å². The van der Waals surface area contributed by atoms with Crippen LogP contribution in [-0.2, 0) is 6.42 Å². The molecule has 1 aromatic rings. The molecule has 4 heteroatoms. The van der Waals surface area contributed by atoms with E-state index in [1.165, 1.54) is 11.3 Å². The highest BCUT2D eigenvalue weighted by molar-refractivity contribution is 5.55. The minimum atomic E-state index is -0.467. The van der Waals surface area contributed by atoms with Crippen LogP contribution in [0.1, 0.15) is 25.3 Å². The fourth-order valence-electron chi connectivity index (χ4n) is 3.15. The number of hydrogen-bond donors (Lipinski definition) is 2. The molecule has 0 aromatic heterocycles. The Morgan fingerprint density at radius 2 is 2.05 bits per heavy atom. The lowest BCUT2D eigenvalue weighted by Gasteiger charge is -2.33. The van der Waals surface area contributed by atoms with E-state index in [0.29, 0.717) is 12.5 Å². The van der Waals surface area contributed by atoms with Gasteiger partial charge in [0.15, 0.2) is 0 Å². The van der Waals surface area contributed by atoms with E-state index in [1.807, 2.05) is 6.92 Å². The van der Waals surface area contributed by atoms with E-state index in [0.717, 1.165) is 38.1 Å². The fraction of sp³-hybridized carbons (Fsp3) is 0.625. The molecule has 2 aliphatic heterocycles. The first-order chi connectivity index (χ1) is 9.63. The van der Waals surface area contributed by atoms with E-state index in [-0.39, 0.29) is 6.61 Å². The molecule has 4 nitrogen and oxygen atoms in total. The van der Waals surface area contributed by atoms with Gasteiger partial charge in [-0.2, -0.15) is 0 Å². The van der Waals surface area contributed by atoms with Crippen LogP contribution in [0.15, 0.2) is 18.2 Å². The predicted octanol–water partition coefficient (Wildman–Crippen LogP) is 1.58. The van der Waals surface area contributed by atoms with E-state index in [4.69, 9.17) is 4.74 Å². The molecule has 3 rings (SSSR count). The number of anilines is 1. The average Bonchev–Trinajstić information content (AvgIpc) is 2.83. The Balaban J connectivity index is 1.73. The van der Waals surface area contributed by atoms with Gasteiger partial charge in [-0.05, 0) is 37.3 Å². The van der Waals surface area contributed by atoms with E-state index in [9.17, 15) is 10.2 Å². The van der Waals surface area contributed by atoms with Gasteiger partial charge in [0, 0.05) is 37.9 Å². The van der Waals surface area contributed by atoms with Crippen LogP contribution in [0, 0.1) is 5.92 Å². The zero-order valence-electron chi connectivity index (χ0n) is 12.0. The first kappa shape index (κ1) is 13.7. The molecular formula is C16H23NO3. The van der Waals surface area contributed by atoms with Gasteiger partial charge in [-0.3, -0.25) is 0 Å². The topological polar surface area (TPSA) is 52.9 Å². The second kappa shape index (κ2) is 5.26. The van der Waals surface area contributed by atoms with Crippen LogP contribution >= 0.6 is 0 Å². The number of fused-ring (bicyclic) bond motifs is 1. The first-order valence-corrected chi connectivity index (χ1v) is 7.42. The highest BCUT2D eigenvalue weighted by Crippen LogP contribution is 2.38. The standard InChI is InChI=1S/C16H23NO3/c1-16(11-19)9-13-2-3-14(8-15(13)20-16)17-6-4-12(10-18)5-7-17/h2-3,8,12,18-19H,4-7,9-11H2,1H3. The van der Waals surface area contributed by atoms with Crippen LogP contribution < -0.4 is 9.64 Å². The second-order valence-corrected chi connectivity index (χ2v) is 6.29. The number of aliphatic hydroxyl groups excluding tert-OH is 2. The maximum Gasteiger partial charge on any atom is 0.133 e. The molecule has 0 saturated carbocycles. The van der Waals surface area contributed by atoms with Gasteiger partial charge in [-0.25, -0.2) is 0 Å². The molecule has 0 spiro atoms. The van der Waals surface area contributed by atoms with Crippen molar-refractivity contribution in [1.29, 1.82) is 0 Å². The van der Waals surface area contributed by atoms with Gasteiger partial charge in [0.25, 0.3) is 0 Å². The smallest absolute Gasteiger partial charge is 0.133 e. The van der Waals surface area contributed by atoms with E-state index >= 15 is 0 Å². The molecule has 1 aromatic carbocycles. The molecule has 2 N–H and O–H groups in total.